The van der Waals surface area contributed by atoms with Crippen molar-refractivity contribution in [2.45, 2.75) is 85.5 Å². The Balaban J connectivity index is 2.20. The first-order valence-corrected chi connectivity index (χ1v) is 10.0. The summed E-state index contributed by atoms with van der Waals surface area (Å²) in [5.41, 5.74) is 9.59. The summed E-state index contributed by atoms with van der Waals surface area (Å²) in [5, 5.41) is 0. The van der Waals surface area contributed by atoms with E-state index in [-0.39, 0.29) is 16.2 Å². The molecule has 0 fully saturated rings. The average molecular weight is 349 g/mol. The Bertz CT molecular complexity index is 753. The number of rotatable bonds is 0. The fourth-order valence-electron chi connectivity index (χ4n) is 4.32. The lowest BCUT2D eigenvalue weighted by Crippen LogP contribution is -2.26. The minimum absolute atomic E-state index is 0.194. The van der Waals surface area contributed by atoms with Crippen molar-refractivity contribution in [1.29, 1.82) is 0 Å². The van der Waals surface area contributed by atoms with Crippen molar-refractivity contribution >= 4 is 0 Å². The summed E-state index contributed by atoms with van der Waals surface area (Å²) in [5.74, 6) is 0.462. The molecule has 0 bridgehead atoms. The Morgan fingerprint density at radius 2 is 1.00 bits per heavy atom. The minimum Gasteiger partial charge on any atom is -0.0593 e. The summed E-state index contributed by atoms with van der Waals surface area (Å²) in [6.07, 6.45) is 1.06. The van der Waals surface area contributed by atoms with E-state index in [9.17, 15) is 0 Å². The maximum absolute atomic E-state index is 2.47. The van der Waals surface area contributed by atoms with Crippen molar-refractivity contribution in [3.63, 3.8) is 0 Å². The largest absolute Gasteiger partial charge is 0.0593 e. The molecular formula is C26H36. The first-order chi connectivity index (χ1) is 11.8. The van der Waals surface area contributed by atoms with Crippen LogP contribution in [0, 0.1) is 5.41 Å². The molecule has 140 valence electrons. The van der Waals surface area contributed by atoms with Crippen LogP contribution >= 0.6 is 0 Å². The molecule has 1 aliphatic carbocycles. The molecule has 0 heteroatoms. The van der Waals surface area contributed by atoms with Gasteiger partial charge in [0.05, 0.1) is 0 Å². The second-order valence-electron chi connectivity index (χ2n) is 11.3. The predicted octanol–water partition coefficient (Wildman–Crippen LogP) is 7.36. The van der Waals surface area contributed by atoms with Gasteiger partial charge in [-0.25, -0.2) is 0 Å². The van der Waals surface area contributed by atoms with Gasteiger partial charge in [-0.15, -0.1) is 0 Å². The van der Waals surface area contributed by atoms with Crippen LogP contribution in [0.2, 0.25) is 0 Å². The molecule has 0 aliphatic heterocycles. The van der Waals surface area contributed by atoms with E-state index in [1.54, 1.807) is 0 Å². The number of hydrogen-bond acceptors (Lipinski definition) is 0. The van der Waals surface area contributed by atoms with E-state index in [1.165, 1.54) is 33.4 Å². The molecule has 2 aromatic rings. The second-order valence-corrected chi connectivity index (χ2v) is 11.3. The maximum atomic E-state index is 2.47. The summed E-state index contributed by atoms with van der Waals surface area (Å²) in [4.78, 5) is 0. The van der Waals surface area contributed by atoms with Crippen LogP contribution in [0.15, 0.2) is 36.4 Å². The predicted molar refractivity (Wildman–Crippen MR) is 114 cm³/mol. The van der Waals surface area contributed by atoms with Gasteiger partial charge in [-0.1, -0.05) is 98.7 Å². The average Bonchev–Trinajstić information content (AvgIpc) is 2.48. The first kappa shape index (κ1) is 19.2. The van der Waals surface area contributed by atoms with Crippen LogP contribution < -0.4 is 0 Å². The van der Waals surface area contributed by atoms with Crippen LogP contribution in [0.25, 0.3) is 0 Å². The summed E-state index contributed by atoms with van der Waals surface area (Å²) >= 11 is 0. The Labute approximate surface area is 161 Å². The summed E-state index contributed by atoms with van der Waals surface area (Å²) < 4.78 is 0. The lowest BCUT2D eigenvalue weighted by molar-refractivity contribution is 0.352. The standard InChI is InChI=1S/C26H36/c1-24(2,3)19-10-12-21-17(15-19)14-18-16-20(25(4,5)6)11-13-22(18)23(21)26(7,8)9/h10-13,15-16,23H,14H2,1-9H3. The highest BCUT2D eigenvalue weighted by Crippen LogP contribution is 2.48. The van der Waals surface area contributed by atoms with Crippen molar-refractivity contribution in [3.05, 3.63) is 69.8 Å². The quantitative estimate of drug-likeness (QED) is 0.466. The van der Waals surface area contributed by atoms with E-state index < -0.39 is 0 Å². The first-order valence-electron chi connectivity index (χ1n) is 10.0. The maximum Gasteiger partial charge on any atom is 0.0144 e. The Kier molecular flexibility index (Phi) is 4.42. The van der Waals surface area contributed by atoms with Crippen LogP contribution in [-0.2, 0) is 17.3 Å². The van der Waals surface area contributed by atoms with Crippen molar-refractivity contribution < 1.29 is 0 Å². The molecule has 0 heterocycles. The van der Waals surface area contributed by atoms with Gasteiger partial charge in [0.2, 0.25) is 0 Å². The summed E-state index contributed by atoms with van der Waals surface area (Å²) in [6.45, 7) is 21.0. The zero-order valence-electron chi connectivity index (χ0n) is 18.2. The van der Waals surface area contributed by atoms with Gasteiger partial charge in [-0.3, -0.25) is 0 Å². The topological polar surface area (TPSA) is 0 Å². The molecule has 3 rings (SSSR count). The molecule has 0 unspecified atom stereocenters. The van der Waals surface area contributed by atoms with Crippen LogP contribution in [0.5, 0.6) is 0 Å². The smallest absolute Gasteiger partial charge is 0.0144 e. The summed E-state index contributed by atoms with van der Waals surface area (Å²) in [7, 11) is 0. The van der Waals surface area contributed by atoms with E-state index in [0.29, 0.717) is 5.92 Å². The fraction of sp³-hybridized carbons (Fsp3) is 0.538. The molecule has 0 spiro atoms. The van der Waals surface area contributed by atoms with Gasteiger partial charge < -0.3 is 0 Å². The van der Waals surface area contributed by atoms with Gasteiger partial charge in [0.25, 0.3) is 0 Å². The number of fused-ring (bicyclic) bond motifs is 2. The second kappa shape index (κ2) is 5.98. The van der Waals surface area contributed by atoms with Crippen LogP contribution in [-0.4, -0.2) is 0 Å². The number of benzene rings is 2. The highest BCUT2D eigenvalue weighted by molar-refractivity contribution is 5.53. The van der Waals surface area contributed by atoms with Crippen molar-refractivity contribution in [1.82, 2.24) is 0 Å². The van der Waals surface area contributed by atoms with Crippen molar-refractivity contribution in [3.8, 4) is 0 Å². The lowest BCUT2D eigenvalue weighted by Gasteiger charge is -2.39. The SMILES string of the molecule is CC(C)(C)c1ccc2c(c1)Cc1cc(C(C)(C)C)ccc1C2C(C)(C)C. The van der Waals surface area contributed by atoms with Crippen LogP contribution in [0.1, 0.15) is 102 Å². The molecule has 0 saturated carbocycles. The third kappa shape index (κ3) is 3.48. The zero-order valence-corrected chi connectivity index (χ0v) is 18.2. The van der Waals surface area contributed by atoms with Crippen molar-refractivity contribution in [2.24, 2.45) is 5.41 Å². The van der Waals surface area contributed by atoms with Gasteiger partial charge in [0.15, 0.2) is 0 Å². The highest BCUT2D eigenvalue weighted by Gasteiger charge is 2.35. The van der Waals surface area contributed by atoms with E-state index >= 15 is 0 Å². The molecule has 0 aromatic heterocycles. The minimum atomic E-state index is 0.194. The van der Waals surface area contributed by atoms with E-state index in [0.717, 1.165) is 6.42 Å². The van der Waals surface area contributed by atoms with Gasteiger partial charge in [-0.2, -0.15) is 0 Å². The normalized spacial score (nSPS) is 15.6. The molecule has 0 atom stereocenters. The van der Waals surface area contributed by atoms with Gasteiger partial charge >= 0.3 is 0 Å². The molecule has 26 heavy (non-hydrogen) atoms. The Hall–Kier alpha value is -1.56. The molecule has 0 nitrogen and oxygen atoms in total. The van der Waals surface area contributed by atoms with Gasteiger partial charge in [-0.05, 0) is 56.0 Å². The fourth-order valence-corrected chi connectivity index (χ4v) is 4.32. The van der Waals surface area contributed by atoms with E-state index in [1.807, 2.05) is 0 Å². The molecule has 1 aliphatic rings. The third-order valence-electron chi connectivity index (χ3n) is 5.89. The molecular weight excluding hydrogens is 312 g/mol. The van der Waals surface area contributed by atoms with Crippen LogP contribution in [0.3, 0.4) is 0 Å². The van der Waals surface area contributed by atoms with Crippen LogP contribution in [0.4, 0.5) is 0 Å². The lowest BCUT2D eigenvalue weighted by atomic mass is 9.65. The molecule has 2 aromatic carbocycles. The zero-order chi connectivity index (χ0) is 19.5. The molecule has 0 amide bonds. The Morgan fingerprint density at radius 1 is 0.615 bits per heavy atom. The Morgan fingerprint density at radius 3 is 1.31 bits per heavy atom. The highest BCUT2D eigenvalue weighted by atomic mass is 14.4. The van der Waals surface area contributed by atoms with E-state index in [4.69, 9.17) is 0 Å². The third-order valence-corrected chi connectivity index (χ3v) is 5.89. The van der Waals surface area contributed by atoms with Gasteiger partial charge in [0.1, 0.15) is 0 Å². The molecule has 0 saturated heterocycles. The summed E-state index contributed by atoms with van der Waals surface area (Å²) in [6, 6.07) is 14.5. The number of hydrogen-bond donors (Lipinski definition) is 0. The monoisotopic (exact) mass is 348 g/mol. The van der Waals surface area contributed by atoms with Gasteiger partial charge in [0, 0.05) is 5.92 Å². The molecule has 0 N–H and O–H groups in total. The van der Waals surface area contributed by atoms with E-state index in [2.05, 4.69) is 98.7 Å². The molecule has 0 radical (unpaired) electrons. The van der Waals surface area contributed by atoms with Crippen molar-refractivity contribution in [2.75, 3.05) is 0 Å².